The number of rotatable bonds is 1. The summed E-state index contributed by atoms with van der Waals surface area (Å²) < 4.78 is 37.4. The predicted molar refractivity (Wildman–Crippen MR) is 56.8 cm³/mol. The molecule has 82 valence electrons. The van der Waals surface area contributed by atoms with E-state index >= 15 is 0 Å². The van der Waals surface area contributed by atoms with Crippen molar-refractivity contribution in [3.05, 3.63) is 30.1 Å². The topological polar surface area (TPSA) is 37.4 Å². The molecule has 0 atom stereocenters. The van der Waals surface area contributed by atoms with Crippen molar-refractivity contribution < 1.29 is 12.8 Å². The van der Waals surface area contributed by atoms with Crippen LogP contribution in [0.4, 0.5) is 10.1 Å². The molecule has 0 aromatic heterocycles. The zero-order valence-electron chi connectivity index (χ0n) is 8.19. The van der Waals surface area contributed by atoms with Crippen molar-refractivity contribution in [1.82, 2.24) is 0 Å². The molecule has 5 heteroatoms. The molecule has 1 aromatic rings. The molecule has 1 aromatic carbocycles. The lowest BCUT2D eigenvalue weighted by Crippen LogP contribution is -2.37. The lowest BCUT2D eigenvalue weighted by atomic mass is 10.3. The maximum Gasteiger partial charge on any atom is 0.235 e. The van der Waals surface area contributed by atoms with E-state index in [1.165, 1.54) is 28.6 Å². The number of nitrogens with zero attached hydrogens (tertiary/aromatic N) is 1. The molecule has 0 aliphatic carbocycles. The van der Waals surface area contributed by atoms with E-state index < -0.39 is 10.0 Å². The summed E-state index contributed by atoms with van der Waals surface area (Å²) in [4.78, 5) is 0. The number of benzene rings is 1. The molecule has 1 fully saturated rings. The highest BCUT2D eigenvalue weighted by atomic mass is 32.2. The van der Waals surface area contributed by atoms with E-state index in [2.05, 4.69) is 0 Å². The van der Waals surface area contributed by atoms with Crippen molar-refractivity contribution >= 4 is 15.7 Å². The molecule has 1 aliphatic rings. The van der Waals surface area contributed by atoms with Gasteiger partial charge in [-0.05, 0) is 37.1 Å². The molecule has 0 spiro atoms. The Morgan fingerprint density at radius 3 is 2.40 bits per heavy atom. The van der Waals surface area contributed by atoms with E-state index in [-0.39, 0.29) is 11.6 Å². The van der Waals surface area contributed by atoms with Gasteiger partial charge in [-0.3, -0.25) is 4.31 Å². The van der Waals surface area contributed by atoms with Crippen LogP contribution in [0, 0.1) is 5.82 Å². The fourth-order valence-electron chi connectivity index (χ4n) is 1.69. The van der Waals surface area contributed by atoms with E-state index in [4.69, 9.17) is 0 Å². The zero-order chi connectivity index (χ0) is 10.9. The summed E-state index contributed by atoms with van der Waals surface area (Å²) >= 11 is 0. The number of halogens is 1. The van der Waals surface area contributed by atoms with Gasteiger partial charge in [0, 0.05) is 6.54 Å². The Labute approximate surface area is 88.6 Å². The van der Waals surface area contributed by atoms with Gasteiger partial charge in [-0.25, -0.2) is 12.8 Å². The first-order valence-corrected chi connectivity index (χ1v) is 6.46. The molecule has 0 radical (unpaired) electrons. The second kappa shape index (κ2) is 3.81. The van der Waals surface area contributed by atoms with Crippen LogP contribution in [0.3, 0.4) is 0 Å². The average Bonchev–Trinajstić information content (AvgIpc) is 2.19. The Kier molecular flexibility index (Phi) is 2.65. The molecular formula is C10H12FNO2S. The highest BCUT2D eigenvalue weighted by molar-refractivity contribution is 7.92. The minimum absolute atomic E-state index is 0.185. The van der Waals surface area contributed by atoms with Crippen molar-refractivity contribution in [3.8, 4) is 0 Å². The van der Waals surface area contributed by atoms with Crippen LogP contribution in [0.1, 0.15) is 12.8 Å². The van der Waals surface area contributed by atoms with Gasteiger partial charge in [-0.15, -0.1) is 0 Å². The molecule has 1 heterocycles. The largest absolute Gasteiger partial charge is 0.270 e. The Balaban J connectivity index is 2.33. The van der Waals surface area contributed by atoms with Gasteiger partial charge in [0.1, 0.15) is 5.82 Å². The van der Waals surface area contributed by atoms with E-state index in [1.54, 1.807) is 0 Å². The first kappa shape index (κ1) is 10.4. The normalized spacial score (nSPS) is 20.2. The van der Waals surface area contributed by atoms with E-state index in [1.807, 2.05) is 0 Å². The van der Waals surface area contributed by atoms with Crippen LogP contribution in [-0.4, -0.2) is 20.7 Å². The first-order chi connectivity index (χ1) is 7.09. The Hall–Kier alpha value is -1.10. The summed E-state index contributed by atoms with van der Waals surface area (Å²) in [5, 5.41) is 0. The third-order valence-corrected chi connectivity index (χ3v) is 4.33. The molecule has 0 N–H and O–H groups in total. The predicted octanol–water partition coefficient (Wildman–Crippen LogP) is 1.76. The van der Waals surface area contributed by atoms with Gasteiger partial charge in [-0.1, -0.05) is 0 Å². The monoisotopic (exact) mass is 229 g/mol. The van der Waals surface area contributed by atoms with Crippen molar-refractivity contribution in [1.29, 1.82) is 0 Å². The van der Waals surface area contributed by atoms with Crippen LogP contribution in [0.5, 0.6) is 0 Å². The molecule has 2 rings (SSSR count). The smallest absolute Gasteiger partial charge is 0.235 e. The summed E-state index contributed by atoms with van der Waals surface area (Å²) in [6, 6.07) is 5.55. The molecule has 0 amide bonds. The third kappa shape index (κ3) is 2.12. The molecule has 15 heavy (non-hydrogen) atoms. The Bertz CT molecular complexity index is 441. The summed E-state index contributed by atoms with van der Waals surface area (Å²) in [5.74, 6) is -0.169. The molecule has 0 unspecified atom stereocenters. The summed E-state index contributed by atoms with van der Waals surface area (Å²) in [6.07, 6.45) is 1.57. The molecule has 3 nitrogen and oxygen atoms in total. The Morgan fingerprint density at radius 2 is 1.80 bits per heavy atom. The van der Waals surface area contributed by atoms with Crippen LogP contribution in [0.15, 0.2) is 24.3 Å². The van der Waals surface area contributed by atoms with Gasteiger partial charge in [0.2, 0.25) is 10.0 Å². The van der Waals surface area contributed by atoms with E-state index in [9.17, 15) is 12.8 Å². The second-order valence-corrected chi connectivity index (χ2v) is 5.58. The average molecular weight is 229 g/mol. The lowest BCUT2D eigenvalue weighted by molar-refractivity contribution is 0.574. The lowest BCUT2D eigenvalue weighted by Gasteiger charge is -2.28. The zero-order valence-corrected chi connectivity index (χ0v) is 9.00. The van der Waals surface area contributed by atoms with E-state index in [0.29, 0.717) is 18.7 Å². The maximum absolute atomic E-state index is 12.7. The third-order valence-electron chi connectivity index (χ3n) is 2.46. The van der Waals surface area contributed by atoms with Crippen molar-refractivity contribution in [2.45, 2.75) is 12.8 Å². The van der Waals surface area contributed by atoms with Gasteiger partial charge < -0.3 is 0 Å². The van der Waals surface area contributed by atoms with Gasteiger partial charge in [-0.2, -0.15) is 0 Å². The van der Waals surface area contributed by atoms with Gasteiger partial charge in [0.05, 0.1) is 11.4 Å². The molecule has 0 saturated carbocycles. The highest BCUT2D eigenvalue weighted by Crippen LogP contribution is 2.23. The van der Waals surface area contributed by atoms with Gasteiger partial charge in [0.25, 0.3) is 0 Å². The molecule has 1 aliphatic heterocycles. The van der Waals surface area contributed by atoms with Crippen LogP contribution >= 0.6 is 0 Å². The van der Waals surface area contributed by atoms with Gasteiger partial charge >= 0.3 is 0 Å². The van der Waals surface area contributed by atoms with Crippen molar-refractivity contribution in [3.63, 3.8) is 0 Å². The summed E-state index contributed by atoms with van der Waals surface area (Å²) in [5.41, 5.74) is 0.552. The first-order valence-electron chi connectivity index (χ1n) is 4.85. The fraction of sp³-hybridized carbons (Fsp3) is 0.400. The number of hydrogen-bond donors (Lipinski definition) is 0. The molecule has 1 saturated heterocycles. The quantitative estimate of drug-likeness (QED) is 0.735. The number of sulfonamides is 1. The SMILES string of the molecule is O=S1(=O)CCCCN1c1ccc(F)cc1. The minimum atomic E-state index is -3.18. The number of anilines is 1. The molecular weight excluding hydrogens is 217 g/mol. The molecule has 0 bridgehead atoms. The van der Waals surface area contributed by atoms with Crippen LogP contribution in [0.2, 0.25) is 0 Å². The second-order valence-electron chi connectivity index (χ2n) is 3.57. The highest BCUT2D eigenvalue weighted by Gasteiger charge is 2.25. The van der Waals surface area contributed by atoms with Gasteiger partial charge in [0.15, 0.2) is 0 Å². The summed E-state index contributed by atoms with van der Waals surface area (Å²) in [6.45, 7) is 0.494. The Morgan fingerprint density at radius 1 is 1.13 bits per heavy atom. The van der Waals surface area contributed by atoms with Crippen molar-refractivity contribution in [2.75, 3.05) is 16.6 Å². The summed E-state index contributed by atoms with van der Waals surface area (Å²) in [7, 11) is -3.18. The van der Waals surface area contributed by atoms with Crippen LogP contribution in [-0.2, 0) is 10.0 Å². The number of hydrogen-bond acceptors (Lipinski definition) is 2. The van der Waals surface area contributed by atoms with Crippen LogP contribution in [0.25, 0.3) is 0 Å². The van der Waals surface area contributed by atoms with Crippen LogP contribution < -0.4 is 4.31 Å². The standard InChI is InChI=1S/C10H12FNO2S/c11-9-3-5-10(6-4-9)12-7-1-2-8-15(12,13)14/h3-6H,1-2,7-8H2. The van der Waals surface area contributed by atoms with E-state index in [0.717, 1.165) is 6.42 Å². The van der Waals surface area contributed by atoms with Crippen molar-refractivity contribution in [2.24, 2.45) is 0 Å². The minimum Gasteiger partial charge on any atom is -0.270 e. The fourth-order valence-corrected chi connectivity index (χ4v) is 3.33. The maximum atomic E-state index is 12.7.